The minimum Gasteiger partial charge on any atom is -0.426 e. The lowest BCUT2D eigenvalue weighted by Gasteiger charge is -2.17. The molecule has 0 saturated heterocycles. The molecule has 3 nitrogen and oxygen atoms in total. The minimum atomic E-state index is -1.89. The fourth-order valence-corrected chi connectivity index (χ4v) is 1.17. The van der Waals surface area contributed by atoms with Gasteiger partial charge in [-0.05, 0) is 12.1 Å². The van der Waals surface area contributed by atoms with Gasteiger partial charge in [0.25, 0.3) is 0 Å². The quantitative estimate of drug-likeness (QED) is 0.527. The Labute approximate surface area is 108 Å². The van der Waals surface area contributed by atoms with Crippen molar-refractivity contribution in [3.63, 3.8) is 0 Å². The Morgan fingerprint density at radius 1 is 1.31 bits per heavy atom. The molecule has 88 valence electrons. The van der Waals surface area contributed by atoms with Crippen LogP contribution in [0, 0.1) is 0 Å². The van der Waals surface area contributed by atoms with Crippen LogP contribution in [-0.4, -0.2) is 21.0 Å². The highest BCUT2D eigenvalue weighted by atomic mass is 35.6. The van der Waals surface area contributed by atoms with E-state index >= 15 is 0 Å². The first-order chi connectivity index (χ1) is 7.39. The smallest absolute Gasteiger partial charge is 0.313 e. The summed E-state index contributed by atoms with van der Waals surface area (Å²) in [4.78, 5) is 11.3. The van der Waals surface area contributed by atoms with E-state index in [1.54, 1.807) is 30.3 Å². The summed E-state index contributed by atoms with van der Waals surface area (Å²) in [6, 6.07) is 8.44. The largest absolute Gasteiger partial charge is 0.426 e. The maximum atomic E-state index is 11.3. The molecule has 0 aliphatic heterocycles. The summed E-state index contributed by atoms with van der Waals surface area (Å²) in [5, 5.41) is 9.34. The minimum absolute atomic E-state index is 0.379. The van der Waals surface area contributed by atoms with Crippen LogP contribution in [0.15, 0.2) is 30.3 Å². The number of ether oxygens (including phenoxy) is 1. The molecule has 1 aromatic rings. The zero-order valence-corrected chi connectivity index (χ0v) is 10.3. The van der Waals surface area contributed by atoms with Crippen molar-refractivity contribution in [1.29, 1.82) is 0 Å². The Kier molecular flexibility index (Phi) is 4.87. The summed E-state index contributed by atoms with van der Waals surface area (Å²) in [5.74, 6) is -0.283. The number of rotatable bonds is 3. The SMILES string of the molecule is O=C(C[C@H](O)C(Cl)(Cl)Cl)Oc1ccccc1. The van der Waals surface area contributed by atoms with Gasteiger partial charge in [0.2, 0.25) is 3.79 Å². The van der Waals surface area contributed by atoms with Crippen LogP contribution in [0.5, 0.6) is 5.75 Å². The molecule has 0 bridgehead atoms. The predicted molar refractivity (Wildman–Crippen MR) is 63.0 cm³/mol. The van der Waals surface area contributed by atoms with Crippen LogP contribution in [0.1, 0.15) is 6.42 Å². The van der Waals surface area contributed by atoms with Crippen molar-refractivity contribution < 1.29 is 14.6 Å². The van der Waals surface area contributed by atoms with Crippen molar-refractivity contribution >= 4 is 40.8 Å². The van der Waals surface area contributed by atoms with Crippen LogP contribution >= 0.6 is 34.8 Å². The molecule has 0 amide bonds. The van der Waals surface area contributed by atoms with Gasteiger partial charge in [-0.1, -0.05) is 53.0 Å². The second kappa shape index (κ2) is 5.73. The van der Waals surface area contributed by atoms with Gasteiger partial charge in [0.15, 0.2) is 0 Å². The number of esters is 1. The molecule has 1 N–H and O–H groups in total. The number of carbonyl (C=O) groups excluding carboxylic acids is 1. The van der Waals surface area contributed by atoms with Crippen molar-refractivity contribution in [2.45, 2.75) is 16.3 Å². The number of hydrogen-bond acceptors (Lipinski definition) is 3. The van der Waals surface area contributed by atoms with Crippen LogP contribution in [0.25, 0.3) is 0 Å². The highest BCUT2D eigenvalue weighted by Gasteiger charge is 2.33. The number of aliphatic hydroxyl groups is 1. The maximum Gasteiger partial charge on any atom is 0.313 e. The van der Waals surface area contributed by atoms with Crippen molar-refractivity contribution in [3.8, 4) is 5.75 Å². The summed E-state index contributed by atoms with van der Waals surface area (Å²) in [6.45, 7) is 0. The summed E-state index contributed by atoms with van der Waals surface area (Å²) in [7, 11) is 0. The monoisotopic (exact) mass is 282 g/mol. The van der Waals surface area contributed by atoms with Crippen LogP contribution in [0.3, 0.4) is 0 Å². The zero-order chi connectivity index (χ0) is 12.2. The maximum absolute atomic E-state index is 11.3. The van der Waals surface area contributed by atoms with Gasteiger partial charge in [0, 0.05) is 0 Å². The average Bonchev–Trinajstić information content (AvgIpc) is 2.17. The van der Waals surface area contributed by atoms with Gasteiger partial charge >= 0.3 is 5.97 Å². The highest BCUT2D eigenvalue weighted by Crippen LogP contribution is 2.31. The number of halogens is 3. The molecule has 1 atom stereocenters. The Bertz CT molecular complexity index is 348. The molecule has 1 rings (SSSR count). The van der Waals surface area contributed by atoms with Gasteiger partial charge in [-0.25, -0.2) is 0 Å². The fraction of sp³-hybridized carbons (Fsp3) is 0.300. The molecule has 0 fully saturated rings. The number of alkyl halides is 3. The molecule has 0 radical (unpaired) electrons. The van der Waals surface area contributed by atoms with Crippen molar-refractivity contribution in [3.05, 3.63) is 30.3 Å². The van der Waals surface area contributed by atoms with E-state index in [0.717, 1.165) is 0 Å². The van der Waals surface area contributed by atoms with Crippen LogP contribution < -0.4 is 4.74 Å². The third kappa shape index (κ3) is 4.58. The van der Waals surface area contributed by atoms with Gasteiger partial charge in [-0.3, -0.25) is 4.79 Å². The van der Waals surface area contributed by atoms with E-state index < -0.39 is 15.9 Å². The topological polar surface area (TPSA) is 46.5 Å². The molecular formula is C10H9Cl3O3. The van der Waals surface area contributed by atoms with E-state index in [1.807, 2.05) is 0 Å². The van der Waals surface area contributed by atoms with Gasteiger partial charge in [-0.15, -0.1) is 0 Å². The van der Waals surface area contributed by atoms with Crippen molar-refractivity contribution in [1.82, 2.24) is 0 Å². The molecule has 0 unspecified atom stereocenters. The lowest BCUT2D eigenvalue weighted by Crippen LogP contribution is -2.29. The first-order valence-electron chi connectivity index (χ1n) is 4.40. The van der Waals surface area contributed by atoms with E-state index in [1.165, 1.54) is 0 Å². The molecule has 0 saturated carbocycles. The second-order valence-corrected chi connectivity index (χ2v) is 5.42. The number of carbonyl (C=O) groups is 1. The Balaban J connectivity index is 2.49. The number of hydrogen-bond donors (Lipinski definition) is 1. The third-order valence-electron chi connectivity index (χ3n) is 1.71. The van der Waals surface area contributed by atoms with Crippen molar-refractivity contribution in [2.75, 3.05) is 0 Å². The van der Waals surface area contributed by atoms with Crippen LogP contribution in [0.4, 0.5) is 0 Å². The average molecular weight is 284 g/mol. The van der Waals surface area contributed by atoms with Crippen LogP contribution in [-0.2, 0) is 4.79 Å². The highest BCUT2D eigenvalue weighted by molar-refractivity contribution is 6.68. The number of benzene rings is 1. The van der Waals surface area contributed by atoms with Gasteiger partial charge < -0.3 is 9.84 Å². The normalized spacial score (nSPS) is 13.2. The van der Waals surface area contributed by atoms with E-state index in [0.29, 0.717) is 5.75 Å². The standard InChI is InChI=1S/C10H9Cl3O3/c11-10(12,13)8(14)6-9(15)16-7-4-2-1-3-5-7/h1-5,8,14H,6H2/t8-/m0/s1. The number of para-hydroxylation sites is 1. The number of aliphatic hydroxyl groups excluding tert-OH is 1. The van der Waals surface area contributed by atoms with E-state index in [2.05, 4.69) is 0 Å². The van der Waals surface area contributed by atoms with Gasteiger partial charge in [0.1, 0.15) is 11.9 Å². The third-order valence-corrected chi connectivity index (χ3v) is 2.47. The summed E-state index contributed by atoms with van der Waals surface area (Å²) >= 11 is 16.2. The molecule has 0 spiro atoms. The predicted octanol–water partition coefficient (Wildman–Crippen LogP) is 2.71. The summed E-state index contributed by atoms with van der Waals surface area (Å²) < 4.78 is 3.01. The van der Waals surface area contributed by atoms with Crippen molar-refractivity contribution in [2.24, 2.45) is 0 Å². The molecule has 1 aromatic carbocycles. The van der Waals surface area contributed by atoms with E-state index in [-0.39, 0.29) is 6.42 Å². The fourth-order valence-electron chi connectivity index (χ4n) is 0.935. The van der Waals surface area contributed by atoms with Crippen LogP contribution in [0.2, 0.25) is 0 Å². The summed E-state index contributed by atoms with van der Waals surface area (Å²) in [5.41, 5.74) is 0. The molecule has 0 heterocycles. The Hall–Kier alpha value is -0.480. The van der Waals surface area contributed by atoms with E-state index in [9.17, 15) is 9.90 Å². The summed E-state index contributed by atoms with van der Waals surface area (Å²) in [6.07, 6.45) is -1.78. The molecular weight excluding hydrogens is 274 g/mol. The second-order valence-electron chi connectivity index (χ2n) is 3.05. The lowest BCUT2D eigenvalue weighted by molar-refractivity contribution is -0.136. The lowest BCUT2D eigenvalue weighted by atomic mass is 10.3. The Morgan fingerprint density at radius 3 is 2.38 bits per heavy atom. The molecule has 0 aromatic heterocycles. The van der Waals surface area contributed by atoms with E-state index in [4.69, 9.17) is 39.5 Å². The van der Waals surface area contributed by atoms with Gasteiger partial charge in [0.05, 0.1) is 6.42 Å². The van der Waals surface area contributed by atoms with Gasteiger partial charge in [-0.2, -0.15) is 0 Å². The molecule has 16 heavy (non-hydrogen) atoms. The zero-order valence-electron chi connectivity index (χ0n) is 8.07. The molecule has 0 aliphatic rings. The molecule has 0 aliphatic carbocycles. The first kappa shape index (κ1) is 13.6. The first-order valence-corrected chi connectivity index (χ1v) is 5.53. The molecule has 6 heteroatoms. The Morgan fingerprint density at radius 2 is 1.88 bits per heavy atom.